The van der Waals surface area contributed by atoms with Crippen LogP contribution in [0.15, 0.2) is 118 Å². The van der Waals surface area contributed by atoms with Crippen molar-refractivity contribution in [1.82, 2.24) is 0 Å². The van der Waals surface area contributed by atoms with E-state index in [1.807, 2.05) is 12.5 Å². The van der Waals surface area contributed by atoms with E-state index in [2.05, 4.69) is 192 Å². The number of benzene rings is 4. The molecule has 0 amide bonds. The Bertz CT molecular complexity index is 2460. The number of rotatable bonds is 13. The van der Waals surface area contributed by atoms with Crippen LogP contribution >= 0.6 is 0 Å². The maximum absolute atomic E-state index is 6.57. The van der Waals surface area contributed by atoms with Crippen molar-refractivity contribution in [2.45, 2.75) is 142 Å². The van der Waals surface area contributed by atoms with Gasteiger partial charge >= 0.3 is 0 Å². The van der Waals surface area contributed by atoms with Crippen molar-refractivity contribution < 1.29 is 13.6 Å². The van der Waals surface area contributed by atoms with E-state index in [1.54, 1.807) is 0 Å². The number of ether oxygens (including phenoxy) is 1. The molecule has 0 radical (unpaired) electrons. The summed E-state index contributed by atoms with van der Waals surface area (Å²) in [5.41, 5.74) is 18.8. The molecule has 0 saturated carbocycles. The predicted molar refractivity (Wildman–Crippen MR) is 270 cm³/mol. The minimum atomic E-state index is -2.57. The maximum Gasteiger partial charge on any atom is 0.133 e. The van der Waals surface area contributed by atoms with Crippen LogP contribution in [-0.4, -0.2) is 20.3 Å². The zero-order valence-electron chi connectivity index (χ0n) is 40.2. The number of unbranched alkanes of at least 4 members (excludes halogenated alkanes) is 3. The fourth-order valence-electron chi connectivity index (χ4n) is 10.6. The Morgan fingerprint density at radius 3 is 1.33 bits per heavy atom. The quantitative estimate of drug-likeness (QED) is 0.0857. The van der Waals surface area contributed by atoms with Gasteiger partial charge in [0.1, 0.15) is 11.5 Å². The smallest absolute Gasteiger partial charge is 0.133 e. The highest BCUT2D eigenvalue weighted by Crippen LogP contribution is 2.60. The molecule has 2 aliphatic carbocycles. The molecule has 328 valence electrons. The molecule has 0 saturated heterocycles. The molecule has 6 aromatic rings. The van der Waals surface area contributed by atoms with Gasteiger partial charge in [0.05, 0.1) is 26.2 Å². The minimum Gasteiger partial charge on any atom is -0.464 e. The summed E-state index contributed by atoms with van der Waals surface area (Å²) in [5, 5.41) is 0. The van der Waals surface area contributed by atoms with Gasteiger partial charge in [0, 0.05) is 28.8 Å². The maximum atomic E-state index is 6.57. The molecule has 0 bridgehead atoms. The van der Waals surface area contributed by atoms with E-state index in [0.29, 0.717) is 0 Å². The Balaban J connectivity index is 1.31. The number of aryl methyl sites for hydroxylation is 2. The van der Waals surface area contributed by atoms with Crippen LogP contribution in [0.3, 0.4) is 0 Å². The van der Waals surface area contributed by atoms with Gasteiger partial charge < -0.3 is 13.6 Å². The van der Waals surface area contributed by atoms with Crippen LogP contribution in [0.5, 0.6) is 0 Å². The van der Waals surface area contributed by atoms with Crippen LogP contribution in [0, 0.1) is 13.8 Å². The molecule has 2 unspecified atom stereocenters. The molecule has 0 spiro atoms. The summed E-state index contributed by atoms with van der Waals surface area (Å²) >= 11 is 0. The average Bonchev–Trinajstić information content (AvgIpc) is 4.04. The van der Waals surface area contributed by atoms with E-state index in [9.17, 15) is 0 Å². The Kier molecular flexibility index (Phi) is 12.2. The monoisotopic (exact) mass is 855 g/mol. The minimum absolute atomic E-state index is 0.0874. The Labute approximate surface area is 379 Å². The van der Waals surface area contributed by atoms with Gasteiger partial charge in [0.25, 0.3) is 0 Å². The third kappa shape index (κ3) is 8.96. The van der Waals surface area contributed by atoms with E-state index in [1.165, 1.54) is 84.3 Å². The lowest BCUT2D eigenvalue weighted by Crippen LogP contribution is -2.45. The zero-order chi connectivity index (χ0) is 44.9. The first-order chi connectivity index (χ1) is 29.8. The van der Waals surface area contributed by atoms with Gasteiger partial charge in [-0.1, -0.05) is 158 Å². The normalized spacial score (nSPS) is 17.3. The largest absolute Gasteiger partial charge is 0.464 e. The van der Waals surface area contributed by atoms with E-state index in [-0.39, 0.29) is 27.5 Å². The molecule has 0 aliphatic heterocycles. The summed E-state index contributed by atoms with van der Waals surface area (Å²) in [4.78, 5) is 0. The highest BCUT2D eigenvalue weighted by atomic mass is 28.3. The third-order valence-corrected chi connectivity index (χ3v) is 19.3. The lowest BCUT2D eigenvalue weighted by atomic mass is 9.86. The van der Waals surface area contributed by atoms with E-state index >= 15 is 0 Å². The fraction of sp³-hybridized carbons (Fsp3) is 0.390. The van der Waals surface area contributed by atoms with Crippen molar-refractivity contribution >= 4 is 31.4 Å². The first-order valence-electron chi connectivity index (χ1n) is 23.5. The topological polar surface area (TPSA) is 35.5 Å². The van der Waals surface area contributed by atoms with Gasteiger partial charge in [-0.05, 0) is 143 Å². The van der Waals surface area contributed by atoms with E-state index in [0.717, 1.165) is 43.4 Å². The standard InChI is InChI=1S/C59H70O3Si/c1-39-31-34-60-53(39)51-37-49-45(41-23-27-43(28-24-41)57(3,4)5)19-17-21-47(49)55(51)63(12,36-16-14-13-15-33-62-59(9,10)11)56-48-22-18-20-46(42-25-29-44(30-26-42)58(6,7)8)50(48)38-52(56)54-40(2)32-35-61-54/h17-32,34-35,37-38,55-56H,13-16,33,36H2,1-12H3. The fourth-order valence-corrected chi connectivity index (χ4v) is 16.3. The van der Waals surface area contributed by atoms with Gasteiger partial charge in [0.15, 0.2) is 0 Å². The lowest BCUT2D eigenvalue weighted by Gasteiger charge is -2.43. The molecular formula is C59H70O3Si. The summed E-state index contributed by atoms with van der Waals surface area (Å²) in [6.07, 6.45) is 13.4. The molecule has 0 N–H and O–H groups in total. The number of furan rings is 2. The van der Waals surface area contributed by atoms with Gasteiger partial charge in [-0.3, -0.25) is 0 Å². The van der Waals surface area contributed by atoms with Crippen molar-refractivity contribution in [2.75, 3.05) is 6.61 Å². The molecule has 2 aliphatic rings. The molecule has 0 fully saturated rings. The Morgan fingerprint density at radius 1 is 0.524 bits per heavy atom. The molecule has 4 heteroatoms. The summed E-state index contributed by atoms with van der Waals surface area (Å²) in [6.45, 7) is 28.2. The molecule has 8 rings (SSSR count). The number of allylic oxidation sites excluding steroid dienone is 2. The van der Waals surface area contributed by atoms with Gasteiger partial charge in [-0.15, -0.1) is 0 Å². The lowest BCUT2D eigenvalue weighted by molar-refractivity contribution is -0.00471. The zero-order valence-corrected chi connectivity index (χ0v) is 41.2. The summed E-state index contributed by atoms with van der Waals surface area (Å²) < 4.78 is 19.3. The van der Waals surface area contributed by atoms with Gasteiger partial charge in [-0.25, -0.2) is 0 Å². The van der Waals surface area contributed by atoms with Crippen LogP contribution in [0.2, 0.25) is 12.6 Å². The predicted octanol–water partition coefficient (Wildman–Crippen LogP) is 16.9. The summed E-state index contributed by atoms with van der Waals surface area (Å²) in [5.74, 6) is 2.04. The van der Waals surface area contributed by atoms with Crippen LogP contribution in [0.4, 0.5) is 0 Å². The first kappa shape index (κ1) is 44.7. The SMILES string of the molecule is Cc1ccoc1C1=Cc2c(-c3ccc(C(C)(C)C)cc3)cccc2C1[Si](C)(CCCCCCOC(C)(C)C)C1C(c2occc2C)=Cc2c(-c3ccc(C(C)(C)C)cc3)cccc21. The molecule has 2 aromatic heterocycles. The second kappa shape index (κ2) is 17.2. The Morgan fingerprint density at radius 2 is 0.952 bits per heavy atom. The van der Waals surface area contributed by atoms with Crippen molar-refractivity contribution in [2.24, 2.45) is 0 Å². The Hall–Kier alpha value is -4.90. The third-order valence-electron chi connectivity index (χ3n) is 14.0. The molecule has 3 nitrogen and oxygen atoms in total. The molecule has 63 heavy (non-hydrogen) atoms. The summed E-state index contributed by atoms with van der Waals surface area (Å²) in [6, 6.07) is 38.2. The first-order valence-corrected chi connectivity index (χ1v) is 26.3. The molecular weight excluding hydrogens is 785 g/mol. The van der Waals surface area contributed by atoms with Crippen LogP contribution in [0.25, 0.3) is 45.6 Å². The number of hydrogen-bond donors (Lipinski definition) is 0. The second-order valence-electron chi connectivity index (χ2n) is 21.8. The number of hydrogen-bond acceptors (Lipinski definition) is 3. The number of fused-ring (bicyclic) bond motifs is 2. The van der Waals surface area contributed by atoms with Crippen LogP contribution in [-0.2, 0) is 15.6 Å². The average molecular weight is 855 g/mol. The van der Waals surface area contributed by atoms with Gasteiger partial charge in [-0.2, -0.15) is 0 Å². The molecule has 2 atom stereocenters. The van der Waals surface area contributed by atoms with E-state index in [4.69, 9.17) is 13.6 Å². The molecule has 4 aromatic carbocycles. The highest BCUT2D eigenvalue weighted by molar-refractivity contribution is 6.85. The van der Waals surface area contributed by atoms with Crippen LogP contribution < -0.4 is 0 Å². The van der Waals surface area contributed by atoms with E-state index < -0.39 is 8.07 Å². The van der Waals surface area contributed by atoms with Crippen molar-refractivity contribution in [3.05, 3.63) is 166 Å². The van der Waals surface area contributed by atoms with Crippen molar-refractivity contribution in [3.8, 4) is 22.3 Å². The molecule has 2 heterocycles. The van der Waals surface area contributed by atoms with Gasteiger partial charge in [0.2, 0.25) is 0 Å². The summed E-state index contributed by atoms with van der Waals surface area (Å²) in [7, 11) is -2.57. The van der Waals surface area contributed by atoms with Crippen LogP contribution in [0.1, 0.15) is 155 Å². The highest BCUT2D eigenvalue weighted by Gasteiger charge is 2.53. The van der Waals surface area contributed by atoms with Crippen molar-refractivity contribution in [3.63, 3.8) is 0 Å². The second-order valence-corrected chi connectivity index (χ2v) is 26.5. The van der Waals surface area contributed by atoms with Crippen molar-refractivity contribution in [1.29, 1.82) is 0 Å².